The van der Waals surface area contributed by atoms with Crippen LogP contribution in [0.4, 0.5) is 0 Å². The number of hydrogen-bond acceptors (Lipinski definition) is 5. The molecule has 2 heterocycles. The van der Waals surface area contributed by atoms with E-state index in [2.05, 4.69) is 39.4 Å². The number of piperazine rings is 1. The lowest BCUT2D eigenvalue weighted by molar-refractivity contribution is -0.123. The number of amides is 1. The molecule has 1 saturated heterocycles. The van der Waals surface area contributed by atoms with Gasteiger partial charge in [0, 0.05) is 32.7 Å². The number of hydrogen-bond donors (Lipinski definition) is 1. The van der Waals surface area contributed by atoms with Gasteiger partial charge in [0.2, 0.25) is 12.7 Å². The second-order valence-corrected chi connectivity index (χ2v) is 7.44. The Hall–Kier alpha value is -2.57. The summed E-state index contributed by atoms with van der Waals surface area (Å²) >= 11 is 0. The van der Waals surface area contributed by atoms with Crippen LogP contribution in [0.1, 0.15) is 24.1 Å². The van der Waals surface area contributed by atoms with E-state index in [1.54, 1.807) is 0 Å². The van der Waals surface area contributed by atoms with Crippen molar-refractivity contribution in [3.63, 3.8) is 0 Å². The number of rotatable bonds is 6. The highest BCUT2D eigenvalue weighted by Crippen LogP contribution is 2.34. The van der Waals surface area contributed by atoms with Gasteiger partial charge in [-0.05, 0) is 30.2 Å². The summed E-state index contributed by atoms with van der Waals surface area (Å²) in [7, 11) is 0. The second-order valence-electron chi connectivity index (χ2n) is 7.44. The molecular weight excluding hydrogens is 354 g/mol. The average molecular weight is 381 g/mol. The summed E-state index contributed by atoms with van der Waals surface area (Å²) in [6.45, 7) is 7.47. The maximum atomic E-state index is 12.5. The first-order valence-corrected chi connectivity index (χ1v) is 9.85. The number of nitrogens with zero attached hydrogens (tertiary/aromatic N) is 2. The molecule has 2 aliphatic heterocycles. The summed E-state index contributed by atoms with van der Waals surface area (Å²) < 4.78 is 10.8. The van der Waals surface area contributed by atoms with Crippen molar-refractivity contribution in [3.8, 4) is 11.5 Å². The summed E-state index contributed by atoms with van der Waals surface area (Å²) in [6.07, 6.45) is 0. The van der Waals surface area contributed by atoms with Gasteiger partial charge >= 0.3 is 0 Å². The third-order valence-corrected chi connectivity index (χ3v) is 5.36. The lowest BCUT2D eigenvalue weighted by atomic mass is 10.1. The van der Waals surface area contributed by atoms with Crippen LogP contribution in [0.2, 0.25) is 0 Å². The minimum atomic E-state index is -0.0682. The zero-order valence-corrected chi connectivity index (χ0v) is 16.3. The Balaban J connectivity index is 1.22. The topological polar surface area (TPSA) is 54.0 Å². The summed E-state index contributed by atoms with van der Waals surface area (Å²) in [6, 6.07) is 16.3. The summed E-state index contributed by atoms with van der Waals surface area (Å²) in [4.78, 5) is 17.1. The molecule has 2 aliphatic rings. The second kappa shape index (κ2) is 8.63. The molecule has 6 nitrogen and oxygen atoms in total. The quantitative estimate of drug-likeness (QED) is 0.833. The third-order valence-electron chi connectivity index (χ3n) is 5.36. The average Bonchev–Trinajstić information content (AvgIpc) is 3.18. The highest BCUT2D eigenvalue weighted by atomic mass is 16.7. The van der Waals surface area contributed by atoms with Crippen molar-refractivity contribution in [2.24, 2.45) is 0 Å². The van der Waals surface area contributed by atoms with Crippen LogP contribution in [0, 0.1) is 0 Å². The normalized spacial score (nSPS) is 18.0. The Kier molecular flexibility index (Phi) is 5.78. The number of nitrogens with one attached hydrogen (secondary N) is 1. The molecule has 28 heavy (non-hydrogen) atoms. The standard InChI is InChI=1S/C22H27N3O3/c1-17(19-7-8-20-21(13-19)28-16-27-20)23-22(26)15-25-11-9-24(10-12-25)14-18-5-3-2-4-6-18/h2-8,13,17H,9-12,14-16H2,1H3,(H,23,26)/t17-/m0/s1. The van der Waals surface area contributed by atoms with Gasteiger partial charge in [0.1, 0.15) is 0 Å². The van der Waals surface area contributed by atoms with Crippen LogP contribution in [0.3, 0.4) is 0 Å². The van der Waals surface area contributed by atoms with Gasteiger partial charge in [-0.2, -0.15) is 0 Å². The monoisotopic (exact) mass is 381 g/mol. The van der Waals surface area contributed by atoms with Crippen LogP contribution in [0.5, 0.6) is 11.5 Å². The van der Waals surface area contributed by atoms with Gasteiger partial charge in [0.05, 0.1) is 12.6 Å². The first kappa shape index (κ1) is 18.8. The number of carbonyl (C=O) groups is 1. The fourth-order valence-electron chi connectivity index (χ4n) is 3.70. The van der Waals surface area contributed by atoms with Gasteiger partial charge < -0.3 is 14.8 Å². The lowest BCUT2D eigenvalue weighted by Gasteiger charge is -2.34. The highest BCUT2D eigenvalue weighted by Gasteiger charge is 2.21. The third kappa shape index (κ3) is 4.64. The minimum Gasteiger partial charge on any atom is -0.454 e. The fraction of sp³-hybridized carbons (Fsp3) is 0.409. The van der Waals surface area contributed by atoms with Gasteiger partial charge in [-0.3, -0.25) is 14.6 Å². The van der Waals surface area contributed by atoms with E-state index in [1.807, 2.05) is 31.2 Å². The zero-order valence-electron chi connectivity index (χ0n) is 16.3. The first-order valence-electron chi connectivity index (χ1n) is 9.85. The Labute approximate surface area is 166 Å². The summed E-state index contributed by atoms with van der Waals surface area (Å²) in [5.41, 5.74) is 2.36. The van der Waals surface area contributed by atoms with E-state index in [0.29, 0.717) is 6.54 Å². The van der Waals surface area contributed by atoms with Crippen LogP contribution >= 0.6 is 0 Å². The van der Waals surface area contributed by atoms with Crippen LogP contribution in [-0.4, -0.2) is 55.2 Å². The lowest BCUT2D eigenvalue weighted by Crippen LogP contribution is -2.49. The molecule has 1 amide bonds. The van der Waals surface area contributed by atoms with Crippen molar-refractivity contribution in [1.29, 1.82) is 0 Å². The van der Waals surface area contributed by atoms with Crippen LogP contribution in [0.25, 0.3) is 0 Å². The number of benzene rings is 2. The molecule has 0 aliphatic carbocycles. The molecule has 2 aromatic rings. The molecular formula is C22H27N3O3. The molecule has 148 valence electrons. The molecule has 4 rings (SSSR count). The van der Waals surface area contributed by atoms with E-state index in [0.717, 1.165) is 49.8 Å². The molecule has 0 radical (unpaired) electrons. The van der Waals surface area contributed by atoms with Crippen LogP contribution in [-0.2, 0) is 11.3 Å². The number of fused-ring (bicyclic) bond motifs is 1. The number of ether oxygens (including phenoxy) is 2. The molecule has 0 unspecified atom stereocenters. The molecule has 1 fully saturated rings. The molecule has 0 bridgehead atoms. The Morgan fingerprint density at radius 1 is 1.00 bits per heavy atom. The Bertz CT molecular complexity index is 804. The van der Waals surface area contributed by atoms with Gasteiger partial charge in [-0.25, -0.2) is 0 Å². The van der Waals surface area contributed by atoms with Crippen molar-refractivity contribution in [2.75, 3.05) is 39.5 Å². The van der Waals surface area contributed by atoms with Gasteiger partial charge in [0.25, 0.3) is 0 Å². The van der Waals surface area contributed by atoms with Crippen molar-refractivity contribution in [1.82, 2.24) is 15.1 Å². The smallest absolute Gasteiger partial charge is 0.234 e. The molecule has 0 aromatic heterocycles. The van der Waals surface area contributed by atoms with Crippen molar-refractivity contribution in [2.45, 2.75) is 19.5 Å². The maximum absolute atomic E-state index is 12.5. The molecule has 1 atom stereocenters. The summed E-state index contributed by atoms with van der Waals surface area (Å²) in [5.74, 6) is 1.56. The molecule has 0 saturated carbocycles. The van der Waals surface area contributed by atoms with E-state index in [4.69, 9.17) is 9.47 Å². The van der Waals surface area contributed by atoms with E-state index >= 15 is 0 Å². The molecule has 1 N–H and O–H groups in total. The van der Waals surface area contributed by atoms with Gasteiger partial charge in [-0.1, -0.05) is 36.4 Å². The predicted octanol–water partition coefficient (Wildman–Crippen LogP) is 2.41. The van der Waals surface area contributed by atoms with E-state index in [1.165, 1.54) is 5.56 Å². The largest absolute Gasteiger partial charge is 0.454 e. The van der Waals surface area contributed by atoms with Crippen molar-refractivity contribution < 1.29 is 14.3 Å². The maximum Gasteiger partial charge on any atom is 0.234 e. The SMILES string of the molecule is C[C@H](NC(=O)CN1CCN(Cc2ccccc2)CC1)c1ccc2c(c1)OCO2. The predicted molar refractivity (Wildman–Crippen MR) is 107 cm³/mol. The molecule has 2 aromatic carbocycles. The first-order chi connectivity index (χ1) is 13.7. The minimum absolute atomic E-state index is 0.0571. The molecule has 0 spiro atoms. The highest BCUT2D eigenvalue weighted by molar-refractivity contribution is 5.78. The van der Waals surface area contributed by atoms with Gasteiger partial charge in [-0.15, -0.1) is 0 Å². The zero-order chi connectivity index (χ0) is 19.3. The number of carbonyl (C=O) groups excluding carboxylic acids is 1. The van der Waals surface area contributed by atoms with Crippen molar-refractivity contribution >= 4 is 5.91 Å². The van der Waals surface area contributed by atoms with Gasteiger partial charge in [0.15, 0.2) is 11.5 Å². The Morgan fingerprint density at radius 2 is 1.71 bits per heavy atom. The fourth-order valence-corrected chi connectivity index (χ4v) is 3.70. The van der Waals surface area contributed by atoms with Crippen molar-refractivity contribution in [3.05, 3.63) is 59.7 Å². The van der Waals surface area contributed by atoms with E-state index < -0.39 is 0 Å². The molecule has 6 heteroatoms. The van der Waals surface area contributed by atoms with E-state index in [-0.39, 0.29) is 18.7 Å². The van der Waals surface area contributed by atoms with Crippen LogP contribution < -0.4 is 14.8 Å². The van der Waals surface area contributed by atoms with E-state index in [9.17, 15) is 4.79 Å². The Morgan fingerprint density at radius 3 is 2.50 bits per heavy atom. The summed E-state index contributed by atoms with van der Waals surface area (Å²) in [5, 5.41) is 3.10. The van der Waals surface area contributed by atoms with Crippen LogP contribution in [0.15, 0.2) is 48.5 Å².